The number of sulfone groups is 1. The van der Waals surface area contributed by atoms with Crippen LogP contribution in [-0.4, -0.2) is 14.7 Å². The maximum atomic E-state index is 10.8. The lowest BCUT2D eigenvalue weighted by atomic mass is 10.2. The van der Waals surface area contributed by atoms with Crippen molar-refractivity contribution in [2.45, 2.75) is 0 Å². The standard InChI is InChI=1S/C9H5Cl3O2S/c1-15(13,14)3-2-6-4-8(11)9(12)5-7(6)10/h4-5H,1H3. The van der Waals surface area contributed by atoms with Crippen LogP contribution in [0.2, 0.25) is 15.1 Å². The number of rotatable bonds is 0. The molecule has 0 unspecified atom stereocenters. The second kappa shape index (κ2) is 4.63. The molecule has 0 N–H and O–H groups in total. The van der Waals surface area contributed by atoms with Crippen molar-refractivity contribution in [3.05, 3.63) is 32.8 Å². The van der Waals surface area contributed by atoms with E-state index in [1.807, 2.05) is 0 Å². The first-order valence-corrected chi connectivity index (χ1v) is 6.69. The van der Waals surface area contributed by atoms with Crippen LogP contribution < -0.4 is 0 Å². The molecule has 0 saturated carbocycles. The minimum atomic E-state index is -3.36. The maximum Gasteiger partial charge on any atom is 0.214 e. The van der Waals surface area contributed by atoms with Gasteiger partial charge in [-0.15, -0.1) is 0 Å². The van der Waals surface area contributed by atoms with Gasteiger partial charge in [-0.3, -0.25) is 0 Å². The molecule has 0 fully saturated rings. The Bertz CT molecular complexity index is 553. The van der Waals surface area contributed by atoms with Crippen LogP contribution in [0.4, 0.5) is 0 Å². The predicted molar refractivity (Wildman–Crippen MR) is 63.2 cm³/mol. The molecule has 0 bridgehead atoms. The molecule has 0 heterocycles. The third-order valence-electron chi connectivity index (χ3n) is 1.38. The zero-order valence-corrected chi connectivity index (χ0v) is 10.6. The molecule has 1 aromatic rings. The van der Waals surface area contributed by atoms with Crippen LogP contribution in [-0.2, 0) is 9.84 Å². The van der Waals surface area contributed by atoms with Crippen LogP contribution >= 0.6 is 34.8 Å². The highest BCUT2D eigenvalue weighted by atomic mass is 35.5. The highest BCUT2D eigenvalue weighted by molar-refractivity contribution is 7.95. The molecule has 80 valence electrons. The summed E-state index contributed by atoms with van der Waals surface area (Å²) < 4.78 is 21.6. The van der Waals surface area contributed by atoms with E-state index < -0.39 is 9.84 Å². The van der Waals surface area contributed by atoms with Gasteiger partial charge in [0.2, 0.25) is 9.84 Å². The van der Waals surface area contributed by atoms with Gasteiger partial charge < -0.3 is 0 Å². The highest BCUT2D eigenvalue weighted by Crippen LogP contribution is 2.28. The van der Waals surface area contributed by atoms with Crippen molar-refractivity contribution in [2.75, 3.05) is 6.26 Å². The molecule has 2 nitrogen and oxygen atoms in total. The minimum Gasteiger partial charge on any atom is -0.216 e. The van der Waals surface area contributed by atoms with Gasteiger partial charge in [-0.2, -0.15) is 0 Å². The van der Waals surface area contributed by atoms with E-state index in [-0.39, 0.29) is 10.0 Å². The van der Waals surface area contributed by atoms with E-state index in [2.05, 4.69) is 11.2 Å². The lowest BCUT2D eigenvalue weighted by Crippen LogP contribution is -1.89. The summed E-state index contributed by atoms with van der Waals surface area (Å²) >= 11 is 17.2. The van der Waals surface area contributed by atoms with E-state index in [1.165, 1.54) is 12.1 Å². The molecule has 0 aliphatic carbocycles. The Morgan fingerprint density at radius 2 is 1.60 bits per heavy atom. The fourth-order valence-corrected chi connectivity index (χ4v) is 1.66. The van der Waals surface area contributed by atoms with E-state index in [4.69, 9.17) is 34.8 Å². The van der Waals surface area contributed by atoms with Gasteiger partial charge in [-0.05, 0) is 18.1 Å². The molecule has 15 heavy (non-hydrogen) atoms. The van der Waals surface area contributed by atoms with Gasteiger partial charge in [0, 0.05) is 10.8 Å². The van der Waals surface area contributed by atoms with Crippen molar-refractivity contribution in [2.24, 2.45) is 0 Å². The fraction of sp³-hybridized carbons (Fsp3) is 0.111. The van der Waals surface area contributed by atoms with Crippen molar-refractivity contribution < 1.29 is 8.42 Å². The maximum absolute atomic E-state index is 10.8. The van der Waals surface area contributed by atoms with Crippen LogP contribution in [0.15, 0.2) is 12.1 Å². The molecule has 0 amide bonds. The van der Waals surface area contributed by atoms with Gasteiger partial charge in [0.25, 0.3) is 0 Å². The molecule has 0 spiro atoms. The van der Waals surface area contributed by atoms with Gasteiger partial charge in [0.05, 0.1) is 21.3 Å². The molecule has 1 rings (SSSR count). The quantitative estimate of drug-likeness (QED) is 0.542. The van der Waals surface area contributed by atoms with Crippen molar-refractivity contribution in [1.82, 2.24) is 0 Å². The third-order valence-corrected chi connectivity index (χ3v) is 2.89. The average Bonchev–Trinajstić information content (AvgIpc) is 2.07. The van der Waals surface area contributed by atoms with E-state index >= 15 is 0 Å². The normalized spacial score (nSPS) is 10.7. The number of halogens is 3. The van der Waals surface area contributed by atoms with Crippen LogP contribution in [0, 0.1) is 11.2 Å². The summed E-state index contributed by atoms with van der Waals surface area (Å²) in [5, 5.41) is 2.90. The summed E-state index contributed by atoms with van der Waals surface area (Å²) in [6.45, 7) is 0. The van der Waals surface area contributed by atoms with Crippen molar-refractivity contribution >= 4 is 44.6 Å². The molecule has 0 aromatic heterocycles. The van der Waals surface area contributed by atoms with Crippen molar-refractivity contribution in [3.63, 3.8) is 0 Å². The Kier molecular flexibility index (Phi) is 3.91. The van der Waals surface area contributed by atoms with Gasteiger partial charge >= 0.3 is 0 Å². The lowest BCUT2D eigenvalue weighted by molar-refractivity contribution is 0.611. The molecule has 0 saturated heterocycles. The summed E-state index contributed by atoms with van der Waals surface area (Å²) in [7, 11) is -3.36. The van der Waals surface area contributed by atoms with Crippen molar-refractivity contribution in [3.8, 4) is 11.2 Å². The summed E-state index contributed by atoms with van der Waals surface area (Å²) in [4.78, 5) is 0. The largest absolute Gasteiger partial charge is 0.216 e. The first-order chi connectivity index (χ1) is 6.79. The Morgan fingerprint density at radius 3 is 2.13 bits per heavy atom. The SMILES string of the molecule is CS(=O)(=O)C#Cc1cc(Cl)c(Cl)cc1Cl. The summed E-state index contributed by atoms with van der Waals surface area (Å²) in [5.74, 6) is 2.41. The minimum absolute atomic E-state index is 0.264. The van der Waals surface area contributed by atoms with E-state index in [0.717, 1.165) is 6.26 Å². The smallest absolute Gasteiger partial charge is 0.214 e. The Balaban J connectivity index is 3.27. The van der Waals surface area contributed by atoms with Gasteiger partial charge in [0.1, 0.15) is 0 Å². The summed E-state index contributed by atoms with van der Waals surface area (Å²) in [5.41, 5.74) is 0.330. The van der Waals surface area contributed by atoms with Crippen LogP contribution in [0.25, 0.3) is 0 Å². The Labute approximate surface area is 103 Å². The molecular weight excluding hydrogens is 279 g/mol. The first kappa shape index (κ1) is 12.7. The zero-order chi connectivity index (χ0) is 11.6. The van der Waals surface area contributed by atoms with Crippen LogP contribution in [0.1, 0.15) is 5.56 Å². The lowest BCUT2D eigenvalue weighted by Gasteiger charge is -1.99. The Hall–Kier alpha value is -0.400. The number of benzene rings is 1. The highest BCUT2D eigenvalue weighted by Gasteiger charge is 2.04. The molecule has 1 aromatic carbocycles. The number of hydrogen-bond acceptors (Lipinski definition) is 2. The monoisotopic (exact) mass is 282 g/mol. The molecule has 0 aliphatic heterocycles. The molecule has 6 heteroatoms. The van der Waals surface area contributed by atoms with E-state index in [0.29, 0.717) is 10.6 Å². The molecule has 0 atom stereocenters. The molecule has 0 aliphatic rings. The predicted octanol–water partition coefficient (Wildman–Crippen LogP) is 3.00. The molecular formula is C9H5Cl3O2S. The second-order valence-electron chi connectivity index (χ2n) is 2.75. The zero-order valence-electron chi connectivity index (χ0n) is 7.51. The average molecular weight is 284 g/mol. The van der Waals surface area contributed by atoms with Crippen LogP contribution in [0.5, 0.6) is 0 Å². The third kappa shape index (κ3) is 3.92. The van der Waals surface area contributed by atoms with E-state index in [9.17, 15) is 8.42 Å². The topological polar surface area (TPSA) is 34.1 Å². The Morgan fingerprint density at radius 1 is 1.07 bits per heavy atom. The molecule has 0 radical (unpaired) electrons. The number of hydrogen-bond donors (Lipinski definition) is 0. The van der Waals surface area contributed by atoms with Gasteiger partial charge in [-0.1, -0.05) is 34.8 Å². The van der Waals surface area contributed by atoms with Gasteiger partial charge in [0.15, 0.2) is 0 Å². The fourth-order valence-electron chi connectivity index (χ4n) is 0.766. The summed E-state index contributed by atoms with van der Waals surface area (Å²) in [6, 6.07) is 2.84. The van der Waals surface area contributed by atoms with Crippen LogP contribution in [0.3, 0.4) is 0 Å². The van der Waals surface area contributed by atoms with E-state index in [1.54, 1.807) is 0 Å². The van der Waals surface area contributed by atoms with Gasteiger partial charge in [-0.25, -0.2) is 8.42 Å². The second-order valence-corrected chi connectivity index (χ2v) is 5.72. The summed E-state index contributed by atoms with van der Waals surface area (Å²) in [6.07, 6.45) is 1.01. The van der Waals surface area contributed by atoms with Crippen molar-refractivity contribution in [1.29, 1.82) is 0 Å². The first-order valence-electron chi connectivity index (χ1n) is 3.67.